The fourth-order valence-electron chi connectivity index (χ4n) is 0.618. The minimum Gasteiger partial charge on any atom is -0.396 e. The maximum absolute atomic E-state index is 10.5. The summed E-state index contributed by atoms with van der Waals surface area (Å²) in [5.41, 5.74) is 0. The van der Waals surface area contributed by atoms with Gasteiger partial charge in [0.05, 0.1) is 6.26 Å². The maximum Gasteiger partial charge on any atom is 0.208 e. The second kappa shape index (κ2) is 3.90. The average Bonchev–Trinajstić information content (AvgIpc) is 1.59. The molecule has 2 N–H and O–H groups in total. The molecule has 0 radical (unpaired) electrons. The first-order valence-electron chi connectivity index (χ1n) is 3.04. The van der Waals surface area contributed by atoms with Crippen molar-refractivity contribution in [2.24, 2.45) is 0 Å². The molecule has 0 aromatic rings. The standard InChI is InChI=1S/C5H13NO3S/c1-5(3-4-7)6-10(2,8)9/h5-7H,3-4H2,1-2H3/t5-/m1/s1. The highest BCUT2D eigenvalue weighted by Gasteiger charge is 2.06. The summed E-state index contributed by atoms with van der Waals surface area (Å²) in [6, 6.07) is -0.181. The molecule has 0 spiro atoms. The number of sulfonamides is 1. The Balaban J connectivity index is 3.69. The monoisotopic (exact) mass is 167 g/mol. The second-order valence-electron chi connectivity index (χ2n) is 2.30. The van der Waals surface area contributed by atoms with E-state index < -0.39 is 10.0 Å². The molecule has 0 heterocycles. The fraction of sp³-hybridized carbons (Fsp3) is 1.00. The predicted octanol–water partition coefficient (Wildman–Crippen LogP) is -0.694. The third kappa shape index (κ3) is 6.00. The number of rotatable bonds is 4. The summed E-state index contributed by atoms with van der Waals surface area (Å²) in [4.78, 5) is 0. The quantitative estimate of drug-likeness (QED) is 0.582. The lowest BCUT2D eigenvalue weighted by molar-refractivity contribution is 0.275. The Kier molecular flexibility index (Phi) is 3.85. The van der Waals surface area contributed by atoms with E-state index in [1.54, 1.807) is 6.92 Å². The molecule has 0 unspecified atom stereocenters. The molecular formula is C5H13NO3S. The Morgan fingerprint density at radius 2 is 2.10 bits per heavy atom. The van der Waals surface area contributed by atoms with Crippen LogP contribution in [0.3, 0.4) is 0 Å². The van der Waals surface area contributed by atoms with E-state index in [-0.39, 0.29) is 12.6 Å². The lowest BCUT2D eigenvalue weighted by Gasteiger charge is -2.08. The van der Waals surface area contributed by atoms with Crippen LogP contribution in [0.25, 0.3) is 0 Å². The van der Waals surface area contributed by atoms with Crippen molar-refractivity contribution in [3.05, 3.63) is 0 Å². The minimum atomic E-state index is -3.11. The molecule has 5 heteroatoms. The summed E-state index contributed by atoms with van der Waals surface area (Å²) in [5, 5.41) is 8.40. The van der Waals surface area contributed by atoms with Gasteiger partial charge in [-0.15, -0.1) is 0 Å². The zero-order valence-corrected chi connectivity index (χ0v) is 6.98. The molecule has 0 aromatic heterocycles. The highest BCUT2D eigenvalue weighted by molar-refractivity contribution is 7.88. The summed E-state index contributed by atoms with van der Waals surface area (Å²) >= 11 is 0. The Morgan fingerprint density at radius 3 is 2.40 bits per heavy atom. The van der Waals surface area contributed by atoms with E-state index in [1.165, 1.54) is 0 Å². The average molecular weight is 167 g/mol. The molecular weight excluding hydrogens is 154 g/mol. The van der Waals surface area contributed by atoms with Crippen LogP contribution in [-0.4, -0.2) is 32.4 Å². The van der Waals surface area contributed by atoms with E-state index in [4.69, 9.17) is 5.11 Å². The number of hydrogen-bond acceptors (Lipinski definition) is 3. The van der Waals surface area contributed by atoms with Crippen LogP contribution in [0, 0.1) is 0 Å². The summed E-state index contributed by atoms with van der Waals surface area (Å²) in [7, 11) is -3.11. The summed E-state index contributed by atoms with van der Waals surface area (Å²) in [6.45, 7) is 1.71. The summed E-state index contributed by atoms with van der Waals surface area (Å²) in [5.74, 6) is 0. The largest absolute Gasteiger partial charge is 0.396 e. The fourth-order valence-corrected chi connectivity index (χ4v) is 1.47. The van der Waals surface area contributed by atoms with Crippen LogP contribution in [0.5, 0.6) is 0 Å². The molecule has 0 saturated heterocycles. The van der Waals surface area contributed by atoms with Crippen molar-refractivity contribution >= 4 is 10.0 Å². The van der Waals surface area contributed by atoms with Gasteiger partial charge in [0, 0.05) is 12.6 Å². The van der Waals surface area contributed by atoms with Gasteiger partial charge < -0.3 is 5.11 Å². The van der Waals surface area contributed by atoms with Crippen LogP contribution in [0.1, 0.15) is 13.3 Å². The van der Waals surface area contributed by atoms with Gasteiger partial charge in [0.1, 0.15) is 0 Å². The van der Waals surface area contributed by atoms with E-state index in [0.717, 1.165) is 6.26 Å². The molecule has 0 aromatic carbocycles. The van der Waals surface area contributed by atoms with E-state index in [9.17, 15) is 8.42 Å². The Labute approximate surface area is 61.3 Å². The zero-order valence-electron chi connectivity index (χ0n) is 6.16. The van der Waals surface area contributed by atoms with Gasteiger partial charge in [-0.25, -0.2) is 13.1 Å². The van der Waals surface area contributed by atoms with E-state index in [0.29, 0.717) is 6.42 Å². The van der Waals surface area contributed by atoms with Crippen molar-refractivity contribution in [2.45, 2.75) is 19.4 Å². The normalized spacial score (nSPS) is 15.1. The van der Waals surface area contributed by atoms with Gasteiger partial charge in [-0.1, -0.05) is 0 Å². The van der Waals surface area contributed by atoms with E-state index in [1.807, 2.05) is 0 Å². The number of aliphatic hydroxyl groups excluding tert-OH is 1. The number of nitrogens with one attached hydrogen (secondary N) is 1. The molecule has 0 rings (SSSR count). The van der Waals surface area contributed by atoms with Crippen LogP contribution in [0.2, 0.25) is 0 Å². The maximum atomic E-state index is 10.5. The van der Waals surface area contributed by atoms with Crippen LogP contribution in [0.15, 0.2) is 0 Å². The molecule has 0 amide bonds. The van der Waals surface area contributed by atoms with Crippen molar-refractivity contribution in [3.63, 3.8) is 0 Å². The predicted molar refractivity (Wildman–Crippen MR) is 39.1 cm³/mol. The van der Waals surface area contributed by atoms with E-state index >= 15 is 0 Å². The molecule has 10 heavy (non-hydrogen) atoms. The van der Waals surface area contributed by atoms with Crippen molar-refractivity contribution in [1.82, 2.24) is 4.72 Å². The first kappa shape index (κ1) is 9.87. The van der Waals surface area contributed by atoms with Crippen LogP contribution in [0.4, 0.5) is 0 Å². The Hall–Kier alpha value is -0.130. The molecule has 62 valence electrons. The van der Waals surface area contributed by atoms with Crippen molar-refractivity contribution < 1.29 is 13.5 Å². The van der Waals surface area contributed by atoms with Crippen molar-refractivity contribution in [2.75, 3.05) is 12.9 Å². The molecule has 1 atom stereocenters. The Morgan fingerprint density at radius 1 is 1.60 bits per heavy atom. The topological polar surface area (TPSA) is 66.4 Å². The van der Waals surface area contributed by atoms with Gasteiger partial charge in [-0.05, 0) is 13.3 Å². The van der Waals surface area contributed by atoms with Crippen LogP contribution < -0.4 is 4.72 Å². The highest BCUT2D eigenvalue weighted by atomic mass is 32.2. The molecule has 0 bridgehead atoms. The van der Waals surface area contributed by atoms with Gasteiger partial charge in [-0.3, -0.25) is 0 Å². The highest BCUT2D eigenvalue weighted by Crippen LogP contribution is 1.89. The van der Waals surface area contributed by atoms with Crippen LogP contribution >= 0.6 is 0 Å². The third-order valence-corrected chi connectivity index (χ3v) is 1.81. The lowest BCUT2D eigenvalue weighted by Crippen LogP contribution is -2.32. The van der Waals surface area contributed by atoms with Crippen LogP contribution in [-0.2, 0) is 10.0 Å². The smallest absolute Gasteiger partial charge is 0.208 e. The zero-order chi connectivity index (χ0) is 8.20. The second-order valence-corrected chi connectivity index (χ2v) is 4.08. The lowest BCUT2D eigenvalue weighted by atomic mass is 10.3. The van der Waals surface area contributed by atoms with Gasteiger partial charge in [0.25, 0.3) is 0 Å². The first-order valence-corrected chi connectivity index (χ1v) is 4.93. The number of hydrogen-bond donors (Lipinski definition) is 2. The molecule has 0 aliphatic carbocycles. The summed E-state index contributed by atoms with van der Waals surface area (Å²) in [6.07, 6.45) is 1.55. The molecule has 4 nitrogen and oxygen atoms in total. The Bertz CT molecular complexity index is 175. The minimum absolute atomic E-state index is 0.00366. The van der Waals surface area contributed by atoms with E-state index in [2.05, 4.69) is 4.72 Å². The molecule has 0 saturated carbocycles. The van der Waals surface area contributed by atoms with Gasteiger partial charge >= 0.3 is 0 Å². The molecule has 0 aliphatic heterocycles. The van der Waals surface area contributed by atoms with Gasteiger partial charge in [0.15, 0.2) is 0 Å². The molecule has 0 fully saturated rings. The summed E-state index contributed by atoms with van der Waals surface area (Å²) < 4.78 is 23.4. The number of aliphatic hydroxyl groups is 1. The van der Waals surface area contributed by atoms with Gasteiger partial charge in [-0.2, -0.15) is 0 Å². The first-order chi connectivity index (χ1) is 4.45. The van der Waals surface area contributed by atoms with Crippen molar-refractivity contribution in [3.8, 4) is 0 Å². The SMILES string of the molecule is C[C@H](CCO)NS(C)(=O)=O. The van der Waals surface area contributed by atoms with Crippen molar-refractivity contribution in [1.29, 1.82) is 0 Å². The third-order valence-electron chi connectivity index (χ3n) is 0.977. The molecule has 0 aliphatic rings. The van der Waals surface area contributed by atoms with Gasteiger partial charge in [0.2, 0.25) is 10.0 Å².